The standard InChI is InChI=1S/C6H11N5O2/c1-4(6-8-10-11-9-6)7-5(12)3-13-2/h4H,3H2,1-2H3,(H,7,12)(H,8,9,10,11). The van der Waals surface area contributed by atoms with Gasteiger partial charge in [-0.15, -0.1) is 10.2 Å². The second-order valence-electron chi connectivity index (χ2n) is 2.49. The van der Waals surface area contributed by atoms with Crippen molar-refractivity contribution >= 4 is 5.91 Å². The van der Waals surface area contributed by atoms with Gasteiger partial charge in [-0.3, -0.25) is 4.79 Å². The third kappa shape index (κ3) is 2.79. The molecule has 1 atom stereocenters. The zero-order chi connectivity index (χ0) is 9.68. The summed E-state index contributed by atoms with van der Waals surface area (Å²) in [6.07, 6.45) is 0. The highest BCUT2D eigenvalue weighted by Crippen LogP contribution is 2.01. The van der Waals surface area contributed by atoms with Crippen molar-refractivity contribution < 1.29 is 9.53 Å². The van der Waals surface area contributed by atoms with Crippen molar-refractivity contribution in [3.8, 4) is 0 Å². The minimum Gasteiger partial charge on any atom is -0.375 e. The lowest BCUT2D eigenvalue weighted by molar-refractivity contribution is -0.125. The number of hydrogen-bond donors (Lipinski definition) is 2. The molecule has 0 saturated carbocycles. The van der Waals surface area contributed by atoms with Crippen LogP contribution >= 0.6 is 0 Å². The summed E-state index contributed by atoms with van der Waals surface area (Å²) in [7, 11) is 1.46. The molecule has 0 bridgehead atoms. The Morgan fingerprint density at radius 1 is 1.77 bits per heavy atom. The molecule has 0 fully saturated rings. The minimum absolute atomic E-state index is 0.0300. The van der Waals surface area contributed by atoms with Gasteiger partial charge in [0.1, 0.15) is 6.61 Å². The molecule has 2 N–H and O–H groups in total. The number of tetrazole rings is 1. The van der Waals surface area contributed by atoms with Gasteiger partial charge in [-0.05, 0) is 6.92 Å². The normalized spacial score (nSPS) is 12.5. The Bertz CT molecular complexity index is 260. The van der Waals surface area contributed by atoms with Crippen molar-refractivity contribution in [2.24, 2.45) is 0 Å². The van der Waals surface area contributed by atoms with E-state index in [4.69, 9.17) is 0 Å². The summed E-state index contributed by atoms with van der Waals surface area (Å²) in [5.41, 5.74) is 0. The molecule has 7 nitrogen and oxygen atoms in total. The highest BCUT2D eigenvalue weighted by atomic mass is 16.5. The molecule has 1 amide bonds. The summed E-state index contributed by atoms with van der Waals surface area (Å²) in [4.78, 5) is 11.0. The summed E-state index contributed by atoms with van der Waals surface area (Å²) in [6, 6.07) is -0.263. The zero-order valence-corrected chi connectivity index (χ0v) is 7.44. The van der Waals surface area contributed by atoms with E-state index in [-0.39, 0.29) is 18.6 Å². The van der Waals surface area contributed by atoms with E-state index in [2.05, 4.69) is 30.7 Å². The number of aromatic nitrogens is 4. The van der Waals surface area contributed by atoms with Gasteiger partial charge < -0.3 is 10.1 Å². The van der Waals surface area contributed by atoms with Crippen LogP contribution in [0.15, 0.2) is 0 Å². The van der Waals surface area contributed by atoms with Crippen LogP contribution in [-0.4, -0.2) is 40.2 Å². The Balaban J connectivity index is 2.42. The van der Waals surface area contributed by atoms with Crippen LogP contribution in [0.1, 0.15) is 18.8 Å². The van der Waals surface area contributed by atoms with E-state index in [1.54, 1.807) is 6.92 Å². The Morgan fingerprint density at radius 3 is 3.08 bits per heavy atom. The van der Waals surface area contributed by atoms with Crippen LogP contribution < -0.4 is 5.32 Å². The number of aromatic amines is 1. The van der Waals surface area contributed by atoms with Gasteiger partial charge >= 0.3 is 0 Å². The van der Waals surface area contributed by atoms with Crippen LogP contribution in [0.5, 0.6) is 0 Å². The van der Waals surface area contributed by atoms with Crippen LogP contribution in [0.3, 0.4) is 0 Å². The fourth-order valence-electron chi connectivity index (χ4n) is 0.832. The molecule has 1 unspecified atom stereocenters. The van der Waals surface area contributed by atoms with Gasteiger partial charge in [-0.2, -0.15) is 5.21 Å². The first kappa shape index (κ1) is 9.59. The maximum Gasteiger partial charge on any atom is 0.246 e. The molecule has 7 heteroatoms. The van der Waals surface area contributed by atoms with Gasteiger partial charge in [-0.25, -0.2) is 0 Å². The number of methoxy groups -OCH3 is 1. The number of nitrogens with one attached hydrogen (secondary N) is 2. The van der Waals surface area contributed by atoms with Crippen molar-refractivity contribution in [3.05, 3.63) is 5.82 Å². The van der Waals surface area contributed by atoms with E-state index in [1.807, 2.05) is 0 Å². The molecule has 0 radical (unpaired) electrons. The van der Waals surface area contributed by atoms with Crippen LogP contribution in [-0.2, 0) is 9.53 Å². The second-order valence-corrected chi connectivity index (χ2v) is 2.49. The van der Waals surface area contributed by atoms with E-state index in [0.717, 1.165) is 0 Å². The first-order valence-corrected chi connectivity index (χ1v) is 3.75. The van der Waals surface area contributed by atoms with E-state index in [0.29, 0.717) is 5.82 Å². The van der Waals surface area contributed by atoms with Crippen molar-refractivity contribution in [2.75, 3.05) is 13.7 Å². The second kappa shape index (κ2) is 4.51. The number of rotatable bonds is 4. The number of H-pyrrole nitrogens is 1. The number of amides is 1. The van der Waals surface area contributed by atoms with Gasteiger partial charge in [-0.1, -0.05) is 5.21 Å². The summed E-state index contributed by atoms with van der Waals surface area (Å²) in [6.45, 7) is 1.79. The van der Waals surface area contributed by atoms with Gasteiger partial charge in [0, 0.05) is 7.11 Å². The predicted molar refractivity (Wildman–Crippen MR) is 42.6 cm³/mol. The third-order valence-corrected chi connectivity index (χ3v) is 1.40. The zero-order valence-electron chi connectivity index (χ0n) is 7.44. The average molecular weight is 185 g/mol. The molecule has 1 aromatic rings. The number of carbonyl (C=O) groups excluding carboxylic acids is 1. The van der Waals surface area contributed by atoms with E-state index in [9.17, 15) is 4.79 Å². The average Bonchev–Trinajstić information content (AvgIpc) is 2.55. The fourth-order valence-corrected chi connectivity index (χ4v) is 0.832. The molecule has 0 spiro atoms. The Hall–Kier alpha value is -1.50. The molecule has 0 aliphatic carbocycles. The predicted octanol–water partition coefficient (Wildman–Crippen LogP) is -0.977. The highest BCUT2D eigenvalue weighted by Gasteiger charge is 2.12. The Morgan fingerprint density at radius 2 is 2.54 bits per heavy atom. The molecule has 0 aliphatic heterocycles. The molecule has 13 heavy (non-hydrogen) atoms. The first-order valence-electron chi connectivity index (χ1n) is 3.75. The van der Waals surface area contributed by atoms with Gasteiger partial charge in [0.05, 0.1) is 6.04 Å². The third-order valence-electron chi connectivity index (χ3n) is 1.40. The lowest BCUT2D eigenvalue weighted by Gasteiger charge is -2.08. The highest BCUT2D eigenvalue weighted by molar-refractivity contribution is 5.77. The van der Waals surface area contributed by atoms with Gasteiger partial charge in [0.15, 0.2) is 5.82 Å². The molecule has 72 valence electrons. The van der Waals surface area contributed by atoms with Crippen molar-refractivity contribution in [2.45, 2.75) is 13.0 Å². The number of ether oxygens (including phenoxy) is 1. The largest absolute Gasteiger partial charge is 0.375 e. The summed E-state index contributed by atoms with van der Waals surface area (Å²) in [5, 5.41) is 15.8. The summed E-state index contributed by atoms with van der Waals surface area (Å²) < 4.78 is 4.65. The Labute approximate surface area is 74.9 Å². The number of nitrogens with zero attached hydrogens (tertiary/aromatic N) is 3. The van der Waals surface area contributed by atoms with Crippen molar-refractivity contribution in [3.63, 3.8) is 0 Å². The van der Waals surface area contributed by atoms with Gasteiger partial charge in [0.2, 0.25) is 5.91 Å². The molecule has 1 rings (SSSR count). The van der Waals surface area contributed by atoms with Crippen molar-refractivity contribution in [1.82, 2.24) is 25.9 Å². The number of carbonyl (C=O) groups is 1. The van der Waals surface area contributed by atoms with E-state index in [1.165, 1.54) is 7.11 Å². The van der Waals surface area contributed by atoms with Crippen LogP contribution in [0, 0.1) is 0 Å². The molecule has 1 heterocycles. The van der Waals surface area contributed by atoms with Crippen LogP contribution in [0.25, 0.3) is 0 Å². The molecule has 1 aromatic heterocycles. The maximum atomic E-state index is 11.0. The molecule has 0 saturated heterocycles. The molecular weight excluding hydrogens is 174 g/mol. The Kier molecular flexibility index (Phi) is 3.32. The van der Waals surface area contributed by atoms with Crippen LogP contribution in [0.4, 0.5) is 0 Å². The fraction of sp³-hybridized carbons (Fsp3) is 0.667. The smallest absolute Gasteiger partial charge is 0.246 e. The van der Waals surface area contributed by atoms with E-state index < -0.39 is 0 Å². The number of hydrogen-bond acceptors (Lipinski definition) is 5. The molecule has 0 aromatic carbocycles. The molecule has 0 aliphatic rings. The van der Waals surface area contributed by atoms with E-state index >= 15 is 0 Å². The first-order chi connectivity index (χ1) is 6.24. The van der Waals surface area contributed by atoms with Crippen LogP contribution in [0.2, 0.25) is 0 Å². The summed E-state index contributed by atoms with van der Waals surface area (Å²) >= 11 is 0. The lowest BCUT2D eigenvalue weighted by Crippen LogP contribution is -2.30. The monoisotopic (exact) mass is 185 g/mol. The quantitative estimate of drug-likeness (QED) is 0.629. The van der Waals surface area contributed by atoms with Gasteiger partial charge in [0.25, 0.3) is 0 Å². The lowest BCUT2D eigenvalue weighted by atomic mass is 10.3. The topological polar surface area (TPSA) is 92.8 Å². The molecular formula is C6H11N5O2. The summed E-state index contributed by atoms with van der Waals surface area (Å²) in [5.74, 6) is 0.240. The maximum absolute atomic E-state index is 11.0. The van der Waals surface area contributed by atoms with Crippen molar-refractivity contribution in [1.29, 1.82) is 0 Å². The minimum atomic E-state index is -0.263. The SMILES string of the molecule is COCC(=O)NC(C)c1nn[nH]n1.